The summed E-state index contributed by atoms with van der Waals surface area (Å²) in [7, 11) is 3.30. The van der Waals surface area contributed by atoms with Crippen LogP contribution in [0.15, 0.2) is 18.2 Å². The number of hydrogen-bond donors (Lipinski definition) is 1. The molecule has 0 fully saturated rings. The lowest BCUT2D eigenvalue weighted by Gasteiger charge is -2.43. The second-order valence-corrected chi connectivity index (χ2v) is 5.62. The highest BCUT2D eigenvalue weighted by Crippen LogP contribution is 2.38. The van der Waals surface area contributed by atoms with Crippen LogP contribution in [0.4, 0.5) is 16.2 Å². The van der Waals surface area contributed by atoms with E-state index in [2.05, 4.69) is 5.32 Å². The van der Waals surface area contributed by atoms with Gasteiger partial charge in [0.05, 0.1) is 11.4 Å². The van der Waals surface area contributed by atoms with E-state index in [0.717, 1.165) is 0 Å². The standard InChI is InChI=1S/C13H16ClN3O2/c1-13(2)11(18)15-9-6-5-8(14)7-10(9)17(13)12(19)16(3)4/h5-7H,1-4H3,(H,15,18). The average molecular weight is 282 g/mol. The van der Waals surface area contributed by atoms with Crippen molar-refractivity contribution in [3.8, 4) is 0 Å². The van der Waals surface area contributed by atoms with Crippen LogP contribution in [0.3, 0.4) is 0 Å². The Hall–Kier alpha value is -1.75. The number of benzene rings is 1. The van der Waals surface area contributed by atoms with Gasteiger partial charge in [0.1, 0.15) is 5.54 Å². The summed E-state index contributed by atoms with van der Waals surface area (Å²) < 4.78 is 0. The minimum absolute atomic E-state index is 0.225. The quantitative estimate of drug-likeness (QED) is 0.794. The number of nitrogens with one attached hydrogen (secondary N) is 1. The Morgan fingerprint density at radius 1 is 1.37 bits per heavy atom. The summed E-state index contributed by atoms with van der Waals surface area (Å²) in [5.74, 6) is -0.225. The Kier molecular flexibility index (Phi) is 3.18. The van der Waals surface area contributed by atoms with Crippen molar-refractivity contribution in [3.05, 3.63) is 23.2 Å². The number of carbonyl (C=O) groups is 2. The van der Waals surface area contributed by atoms with Crippen LogP contribution in [0.5, 0.6) is 0 Å². The minimum Gasteiger partial charge on any atom is -0.330 e. The Morgan fingerprint density at radius 3 is 2.58 bits per heavy atom. The summed E-state index contributed by atoms with van der Waals surface area (Å²) in [5, 5.41) is 3.31. The van der Waals surface area contributed by atoms with E-state index in [-0.39, 0.29) is 11.9 Å². The number of carbonyl (C=O) groups excluding carboxylic acids is 2. The van der Waals surface area contributed by atoms with E-state index in [0.29, 0.717) is 16.4 Å². The predicted octanol–water partition coefficient (Wildman–Crippen LogP) is 2.56. The van der Waals surface area contributed by atoms with Gasteiger partial charge in [-0.25, -0.2) is 4.79 Å². The third-order valence-corrected chi connectivity index (χ3v) is 3.37. The highest BCUT2D eigenvalue weighted by molar-refractivity contribution is 6.31. The van der Waals surface area contributed by atoms with Crippen molar-refractivity contribution in [2.75, 3.05) is 24.3 Å². The highest BCUT2D eigenvalue weighted by Gasteiger charge is 2.44. The lowest BCUT2D eigenvalue weighted by molar-refractivity contribution is -0.120. The van der Waals surface area contributed by atoms with Gasteiger partial charge in [-0.2, -0.15) is 0 Å². The number of halogens is 1. The van der Waals surface area contributed by atoms with E-state index in [1.165, 1.54) is 9.80 Å². The molecule has 0 aromatic heterocycles. The van der Waals surface area contributed by atoms with Crippen molar-refractivity contribution < 1.29 is 9.59 Å². The van der Waals surface area contributed by atoms with E-state index < -0.39 is 5.54 Å². The molecule has 0 radical (unpaired) electrons. The number of fused-ring (bicyclic) bond motifs is 1. The molecule has 0 unspecified atom stereocenters. The second-order valence-electron chi connectivity index (χ2n) is 5.19. The maximum atomic E-state index is 12.4. The largest absolute Gasteiger partial charge is 0.330 e. The number of amides is 3. The molecular formula is C13H16ClN3O2. The lowest BCUT2D eigenvalue weighted by Crippen LogP contribution is -2.60. The fourth-order valence-electron chi connectivity index (χ4n) is 2.02. The third kappa shape index (κ3) is 2.14. The number of urea groups is 1. The first-order valence-corrected chi connectivity index (χ1v) is 6.25. The fraction of sp³-hybridized carbons (Fsp3) is 0.385. The number of nitrogens with zero attached hydrogens (tertiary/aromatic N) is 2. The number of rotatable bonds is 0. The summed E-state index contributed by atoms with van der Waals surface area (Å²) in [5.41, 5.74) is 0.221. The zero-order valence-corrected chi connectivity index (χ0v) is 12.1. The van der Waals surface area contributed by atoms with Gasteiger partial charge in [-0.1, -0.05) is 11.6 Å². The fourth-order valence-corrected chi connectivity index (χ4v) is 2.18. The van der Waals surface area contributed by atoms with Gasteiger partial charge in [0.2, 0.25) is 5.91 Å². The van der Waals surface area contributed by atoms with E-state index >= 15 is 0 Å². The maximum Gasteiger partial charge on any atom is 0.324 e. The van der Waals surface area contributed by atoms with Gasteiger partial charge < -0.3 is 10.2 Å². The molecule has 102 valence electrons. The Labute approximate surface area is 117 Å². The van der Waals surface area contributed by atoms with E-state index in [9.17, 15) is 9.59 Å². The highest BCUT2D eigenvalue weighted by atomic mass is 35.5. The van der Waals surface area contributed by atoms with Gasteiger partial charge in [-0.15, -0.1) is 0 Å². The summed E-state index contributed by atoms with van der Waals surface area (Å²) >= 11 is 5.99. The molecule has 1 heterocycles. The van der Waals surface area contributed by atoms with Gasteiger partial charge >= 0.3 is 6.03 Å². The van der Waals surface area contributed by atoms with Crippen molar-refractivity contribution in [1.82, 2.24) is 4.90 Å². The predicted molar refractivity (Wildman–Crippen MR) is 75.7 cm³/mol. The van der Waals surface area contributed by atoms with E-state index in [1.807, 2.05) is 0 Å². The van der Waals surface area contributed by atoms with Crippen LogP contribution < -0.4 is 10.2 Å². The van der Waals surface area contributed by atoms with Crippen molar-refractivity contribution in [2.24, 2.45) is 0 Å². The molecule has 3 amide bonds. The van der Waals surface area contributed by atoms with Crippen molar-refractivity contribution >= 4 is 34.9 Å². The van der Waals surface area contributed by atoms with Crippen molar-refractivity contribution in [2.45, 2.75) is 19.4 Å². The molecule has 1 aromatic carbocycles. The number of anilines is 2. The van der Waals surface area contributed by atoms with Crippen LogP contribution in [-0.2, 0) is 4.79 Å². The van der Waals surface area contributed by atoms with Crippen LogP contribution in [0.1, 0.15) is 13.8 Å². The first-order chi connectivity index (χ1) is 8.75. The normalized spacial score (nSPS) is 16.7. The van der Waals surface area contributed by atoms with Gasteiger partial charge in [0, 0.05) is 19.1 Å². The van der Waals surface area contributed by atoms with Crippen molar-refractivity contribution in [3.63, 3.8) is 0 Å². The van der Waals surface area contributed by atoms with Gasteiger partial charge in [-0.3, -0.25) is 9.69 Å². The minimum atomic E-state index is -0.973. The molecule has 1 N–H and O–H groups in total. The lowest BCUT2D eigenvalue weighted by atomic mass is 9.97. The summed E-state index contributed by atoms with van der Waals surface area (Å²) in [6.07, 6.45) is 0. The molecule has 0 aliphatic carbocycles. The topological polar surface area (TPSA) is 52.7 Å². The molecule has 1 aliphatic heterocycles. The maximum absolute atomic E-state index is 12.4. The average Bonchev–Trinajstić information content (AvgIpc) is 2.30. The van der Waals surface area contributed by atoms with Crippen LogP contribution in [0.2, 0.25) is 5.02 Å². The van der Waals surface area contributed by atoms with Gasteiger partial charge in [-0.05, 0) is 32.0 Å². The third-order valence-electron chi connectivity index (χ3n) is 3.14. The molecule has 0 spiro atoms. The van der Waals surface area contributed by atoms with Crippen molar-refractivity contribution in [1.29, 1.82) is 0 Å². The van der Waals surface area contributed by atoms with Crippen LogP contribution in [-0.4, -0.2) is 36.5 Å². The smallest absolute Gasteiger partial charge is 0.324 e. The first kappa shape index (κ1) is 13.7. The number of hydrogen-bond acceptors (Lipinski definition) is 2. The summed E-state index contributed by atoms with van der Waals surface area (Å²) in [6, 6.07) is 4.79. The molecule has 5 nitrogen and oxygen atoms in total. The van der Waals surface area contributed by atoms with Crippen LogP contribution in [0.25, 0.3) is 0 Å². The second kappa shape index (κ2) is 4.42. The van der Waals surface area contributed by atoms with Gasteiger partial charge in [0.25, 0.3) is 0 Å². The zero-order valence-electron chi connectivity index (χ0n) is 11.3. The first-order valence-electron chi connectivity index (χ1n) is 5.87. The molecular weight excluding hydrogens is 266 g/mol. The molecule has 1 aromatic rings. The van der Waals surface area contributed by atoms with Gasteiger partial charge in [0.15, 0.2) is 0 Å². The molecule has 0 bridgehead atoms. The molecule has 19 heavy (non-hydrogen) atoms. The molecule has 0 saturated carbocycles. The monoisotopic (exact) mass is 281 g/mol. The van der Waals surface area contributed by atoms with E-state index in [1.54, 1.807) is 46.1 Å². The van der Waals surface area contributed by atoms with Crippen LogP contribution in [0, 0.1) is 0 Å². The Morgan fingerprint density at radius 2 is 2.00 bits per heavy atom. The Balaban J connectivity index is 2.63. The summed E-state index contributed by atoms with van der Waals surface area (Å²) in [4.78, 5) is 27.4. The van der Waals surface area contributed by atoms with E-state index in [4.69, 9.17) is 11.6 Å². The SMILES string of the molecule is CN(C)C(=O)N1c2cc(Cl)ccc2NC(=O)C1(C)C. The molecule has 1 aliphatic rings. The zero-order chi connectivity index (χ0) is 14.4. The van der Waals surface area contributed by atoms with Crippen LogP contribution >= 0.6 is 11.6 Å². The molecule has 0 saturated heterocycles. The Bertz CT molecular complexity index is 555. The molecule has 2 rings (SSSR count). The molecule has 0 atom stereocenters. The summed E-state index contributed by atoms with van der Waals surface area (Å²) in [6.45, 7) is 3.40. The molecule has 6 heteroatoms.